The Hall–Kier alpha value is -4.33. The van der Waals surface area contributed by atoms with Gasteiger partial charge in [0.05, 0.1) is 17.6 Å². The first-order valence-electron chi connectivity index (χ1n) is 14.8. The molecular weight excluding hydrogens is 526 g/mol. The number of anilines is 2. The highest BCUT2D eigenvalue weighted by molar-refractivity contribution is 5.99. The quantitative estimate of drug-likeness (QED) is 0.256. The summed E-state index contributed by atoms with van der Waals surface area (Å²) >= 11 is 0. The van der Waals surface area contributed by atoms with Crippen LogP contribution in [0.3, 0.4) is 0 Å². The van der Waals surface area contributed by atoms with Crippen LogP contribution < -0.4 is 10.6 Å². The lowest BCUT2D eigenvalue weighted by Gasteiger charge is -2.38. The van der Waals surface area contributed by atoms with Gasteiger partial charge in [0.2, 0.25) is 0 Å². The summed E-state index contributed by atoms with van der Waals surface area (Å²) in [6.07, 6.45) is 6.67. The molecule has 2 atom stereocenters. The predicted octanol–water partition coefficient (Wildman–Crippen LogP) is 7.34. The van der Waals surface area contributed by atoms with Crippen molar-refractivity contribution >= 4 is 23.4 Å². The highest BCUT2D eigenvalue weighted by Gasteiger charge is 2.43. The number of urea groups is 1. The predicted molar refractivity (Wildman–Crippen MR) is 164 cm³/mol. The SMILES string of the molecule is Cc1ccc(-n2nc(C(C)(C)C)cc2NC(=O)Nc2ccc(CC3CC4CCC(C3)N4C(=O)c3ccco3)cc2)cc1. The molecule has 8 nitrogen and oxygen atoms in total. The number of aromatic nitrogens is 2. The standard InChI is InChI=1S/C34H39N5O3/c1-22-7-13-26(14-8-22)39-31(21-30(37-39)34(2,3)4)36-33(41)35-25-11-9-23(10-12-25)18-24-19-27-15-16-28(20-24)38(27)32(40)29-6-5-17-42-29/h5-14,17,21,24,27-28H,15-16,18-20H2,1-4H3,(H2,35,36,41). The van der Waals surface area contributed by atoms with Gasteiger partial charge in [-0.05, 0) is 86.9 Å². The molecule has 2 N–H and O–H groups in total. The monoisotopic (exact) mass is 565 g/mol. The second kappa shape index (κ2) is 11.2. The number of benzene rings is 2. The average Bonchev–Trinajstić information content (AvgIpc) is 3.69. The van der Waals surface area contributed by atoms with Gasteiger partial charge in [0.1, 0.15) is 5.82 Å². The second-order valence-corrected chi connectivity index (χ2v) is 12.8. The molecule has 4 heterocycles. The van der Waals surface area contributed by atoms with Gasteiger partial charge < -0.3 is 14.6 Å². The van der Waals surface area contributed by atoms with E-state index in [1.54, 1.807) is 23.1 Å². The van der Waals surface area contributed by atoms with Crippen LogP contribution in [0, 0.1) is 12.8 Å². The Bertz CT molecular complexity index is 1530. The zero-order chi connectivity index (χ0) is 29.4. The minimum Gasteiger partial charge on any atom is -0.459 e. The number of hydrogen-bond acceptors (Lipinski definition) is 4. The van der Waals surface area contributed by atoms with Crippen molar-refractivity contribution in [1.82, 2.24) is 14.7 Å². The molecule has 218 valence electrons. The molecule has 2 fully saturated rings. The summed E-state index contributed by atoms with van der Waals surface area (Å²) in [6, 6.07) is 21.9. The van der Waals surface area contributed by atoms with E-state index >= 15 is 0 Å². The normalized spacial score (nSPS) is 20.0. The van der Waals surface area contributed by atoms with Gasteiger partial charge in [-0.25, -0.2) is 9.48 Å². The molecule has 6 rings (SSSR count). The van der Waals surface area contributed by atoms with E-state index in [0.29, 0.717) is 17.5 Å². The fraction of sp³-hybridized carbons (Fsp3) is 0.382. The lowest BCUT2D eigenvalue weighted by molar-refractivity contribution is 0.0493. The Morgan fingerprint density at radius 2 is 1.64 bits per heavy atom. The van der Waals surface area contributed by atoms with Crippen LogP contribution in [0.25, 0.3) is 5.69 Å². The van der Waals surface area contributed by atoms with Crippen molar-refractivity contribution in [2.75, 3.05) is 10.6 Å². The summed E-state index contributed by atoms with van der Waals surface area (Å²) in [5.41, 5.74) is 4.75. The Kier molecular flexibility index (Phi) is 7.39. The summed E-state index contributed by atoms with van der Waals surface area (Å²) < 4.78 is 7.16. The van der Waals surface area contributed by atoms with E-state index < -0.39 is 0 Å². The molecule has 2 aliphatic rings. The fourth-order valence-electron chi connectivity index (χ4n) is 6.37. The third-order valence-corrected chi connectivity index (χ3v) is 8.53. The van der Waals surface area contributed by atoms with Crippen LogP contribution in [-0.2, 0) is 11.8 Å². The molecule has 8 heteroatoms. The van der Waals surface area contributed by atoms with Gasteiger partial charge in [0.15, 0.2) is 5.76 Å². The topological polar surface area (TPSA) is 92.4 Å². The number of amides is 3. The highest BCUT2D eigenvalue weighted by Crippen LogP contribution is 2.41. The number of nitrogens with zero attached hydrogens (tertiary/aromatic N) is 3. The maximum atomic E-state index is 13.0. The fourth-order valence-corrected chi connectivity index (χ4v) is 6.37. The minimum absolute atomic E-state index is 0.0243. The molecule has 0 radical (unpaired) electrons. The number of piperidine rings is 1. The number of nitrogens with one attached hydrogen (secondary N) is 2. The maximum absolute atomic E-state index is 13.0. The molecule has 2 aromatic carbocycles. The number of rotatable bonds is 6. The number of hydrogen-bond donors (Lipinski definition) is 2. The highest BCUT2D eigenvalue weighted by atomic mass is 16.3. The van der Waals surface area contributed by atoms with Crippen LogP contribution in [0.4, 0.5) is 16.3 Å². The van der Waals surface area contributed by atoms with Crippen LogP contribution in [0.15, 0.2) is 77.4 Å². The molecule has 2 saturated heterocycles. The molecule has 0 saturated carbocycles. The molecule has 2 aromatic heterocycles. The Morgan fingerprint density at radius 1 is 0.952 bits per heavy atom. The van der Waals surface area contributed by atoms with Crippen LogP contribution in [0.1, 0.15) is 73.8 Å². The summed E-state index contributed by atoms with van der Waals surface area (Å²) in [5, 5.41) is 10.8. The molecule has 2 bridgehead atoms. The van der Waals surface area contributed by atoms with Gasteiger partial charge in [-0.1, -0.05) is 50.6 Å². The molecule has 4 aromatic rings. The number of carbonyl (C=O) groups is 2. The zero-order valence-electron chi connectivity index (χ0n) is 24.8. The van der Waals surface area contributed by atoms with Crippen LogP contribution >= 0.6 is 0 Å². The van der Waals surface area contributed by atoms with Gasteiger partial charge in [-0.3, -0.25) is 10.1 Å². The molecule has 0 spiro atoms. The van der Waals surface area contributed by atoms with E-state index in [0.717, 1.165) is 54.7 Å². The third-order valence-electron chi connectivity index (χ3n) is 8.53. The molecule has 2 unspecified atom stereocenters. The van der Waals surface area contributed by atoms with E-state index in [9.17, 15) is 9.59 Å². The van der Waals surface area contributed by atoms with Crippen LogP contribution in [0.5, 0.6) is 0 Å². The van der Waals surface area contributed by atoms with Crippen molar-refractivity contribution < 1.29 is 14.0 Å². The summed E-state index contributed by atoms with van der Waals surface area (Å²) in [5.74, 6) is 1.61. The van der Waals surface area contributed by atoms with Gasteiger partial charge in [-0.15, -0.1) is 0 Å². The Labute approximate surface area is 247 Å². The Balaban J connectivity index is 1.07. The van der Waals surface area contributed by atoms with Crippen LogP contribution in [-0.4, -0.2) is 38.7 Å². The largest absolute Gasteiger partial charge is 0.459 e. The number of aryl methyl sites for hydroxylation is 1. The molecule has 2 aliphatic heterocycles. The van der Waals surface area contributed by atoms with E-state index in [1.807, 2.05) is 49.4 Å². The van der Waals surface area contributed by atoms with E-state index in [-0.39, 0.29) is 29.4 Å². The Morgan fingerprint density at radius 3 is 2.26 bits per heavy atom. The molecular formula is C34H39N5O3. The summed E-state index contributed by atoms with van der Waals surface area (Å²) in [7, 11) is 0. The third kappa shape index (κ3) is 5.84. The maximum Gasteiger partial charge on any atom is 0.324 e. The van der Waals surface area contributed by atoms with E-state index in [2.05, 4.69) is 48.4 Å². The second-order valence-electron chi connectivity index (χ2n) is 12.8. The number of carbonyl (C=O) groups excluding carboxylic acids is 2. The van der Waals surface area contributed by atoms with Gasteiger partial charge in [0, 0.05) is 29.3 Å². The minimum atomic E-state index is -0.318. The zero-order valence-corrected chi connectivity index (χ0v) is 24.8. The van der Waals surface area contributed by atoms with Crippen molar-refractivity contribution in [3.8, 4) is 5.69 Å². The number of fused-ring (bicyclic) bond motifs is 2. The van der Waals surface area contributed by atoms with Crippen molar-refractivity contribution in [3.05, 3.63) is 95.6 Å². The van der Waals surface area contributed by atoms with Crippen LogP contribution in [0.2, 0.25) is 0 Å². The number of furan rings is 1. The first-order chi connectivity index (χ1) is 20.1. The van der Waals surface area contributed by atoms with E-state index in [4.69, 9.17) is 9.52 Å². The summed E-state index contributed by atoms with van der Waals surface area (Å²) in [4.78, 5) is 28.1. The smallest absolute Gasteiger partial charge is 0.324 e. The van der Waals surface area contributed by atoms with Gasteiger partial charge in [-0.2, -0.15) is 5.10 Å². The molecule has 3 amide bonds. The van der Waals surface area contributed by atoms with Crippen molar-refractivity contribution in [1.29, 1.82) is 0 Å². The first kappa shape index (κ1) is 27.8. The molecule has 42 heavy (non-hydrogen) atoms. The lowest BCUT2D eigenvalue weighted by Crippen LogP contribution is -2.46. The van der Waals surface area contributed by atoms with Crippen molar-refractivity contribution in [2.24, 2.45) is 5.92 Å². The first-order valence-corrected chi connectivity index (χ1v) is 14.8. The van der Waals surface area contributed by atoms with Gasteiger partial charge in [0.25, 0.3) is 5.91 Å². The lowest BCUT2D eigenvalue weighted by atomic mass is 9.85. The summed E-state index contributed by atoms with van der Waals surface area (Å²) in [6.45, 7) is 8.36. The molecule has 0 aliphatic carbocycles. The van der Waals surface area contributed by atoms with Crippen molar-refractivity contribution in [3.63, 3.8) is 0 Å². The van der Waals surface area contributed by atoms with Crippen molar-refractivity contribution in [2.45, 2.75) is 77.3 Å². The van der Waals surface area contributed by atoms with Gasteiger partial charge >= 0.3 is 6.03 Å². The van der Waals surface area contributed by atoms with E-state index in [1.165, 1.54) is 5.56 Å². The average molecular weight is 566 g/mol.